The van der Waals surface area contributed by atoms with Crippen LogP contribution in [-0.2, 0) is 12.8 Å². The lowest BCUT2D eigenvalue weighted by Crippen LogP contribution is -2.35. The van der Waals surface area contributed by atoms with Crippen molar-refractivity contribution in [1.29, 1.82) is 0 Å². The zero-order valence-electron chi connectivity index (χ0n) is 16.1. The van der Waals surface area contributed by atoms with E-state index in [1.807, 2.05) is 12.1 Å². The van der Waals surface area contributed by atoms with Crippen molar-refractivity contribution in [1.82, 2.24) is 5.32 Å². The summed E-state index contributed by atoms with van der Waals surface area (Å²) in [5, 5.41) is 13.3. The minimum atomic E-state index is 0. The van der Waals surface area contributed by atoms with E-state index in [-0.39, 0.29) is 17.0 Å². The van der Waals surface area contributed by atoms with Gasteiger partial charge in [0.05, 0.1) is 0 Å². The first-order chi connectivity index (χ1) is 11.8. The molecular weight excluding hydrogens is 374 g/mol. The second-order valence-corrected chi connectivity index (χ2v) is 7.53. The number of phenols is 1. The van der Waals surface area contributed by atoms with Crippen molar-refractivity contribution >= 4 is 17.0 Å². The lowest BCUT2D eigenvalue weighted by Gasteiger charge is -2.25. The molecule has 25 heavy (non-hydrogen) atoms. The molecule has 0 heterocycles. The van der Waals surface area contributed by atoms with E-state index >= 15 is 0 Å². The fourth-order valence-electron chi connectivity index (χ4n) is 3.83. The normalized spacial score (nSPS) is 16.3. The molecule has 0 aromatic heterocycles. The highest BCUT2D eigenvalue weighted by atomic mass is 79.9. The maximum Gasteiger partial charge on any atom is 0.115 e. The molecule has 144 valence electrons. The molecule has 3 heteroatoms. The summed E-state index contributed by atoms with van der Waals surface area (Å²) in [6.07, 6.45) is 17.4. The summed E-state index contributed by atoms with van der Waals surface area (Å²) in [5.74, 6) is 0.408. The van der Waals surface area contributed by atoms with Gasteiger partial charge in [-0.3, -0.25) is 0 Å². The number of aromatic hydroxyl groups is 1. The Kier molecular flexibility index (Phi) is 12.3. The van der Waals surface area contributed by atoms with Gasteiger partial charge in [0.2, 0.25) is 0 Å². The van der Waals surface area contributed by atoms with Crippen LogP contribution in [0.25, 0.3) is 0 Å². The molecule has 0 saturated carbocycles. The van der Waals surface area contributed by atoms with Gasteiger partial charge in [0.1, 0.15) is 5.75 Å². The average molecular weight is 412 g/mol. The van der Waals surface area contributed by atoms with E-state index in [9.17, 15) is 5.11 Å². The number of hydrogen-bond donors (Lipinski definition) is 2. The van der Waals surface area contributed by atoms with Crippen LogP contribution < -0.4 is 5.32 Å². The third-order valence-electron chi connectivity index (χ3n) is 5.38. The predicted molar refractivity (Wildman–Crippen MR) is 114 cm³/mol. The van der Waals surface area contributed by atoms with Crippen LogP contribution >= 0.6 is 17.0 Å². The van der Waals surface area contributed by atoms with Crippen molar-refractivity contribution in [3.8, 4) is 5.75 Å². The summed E-state index contributed by atoms with van der Waals surface area (Å²) in [4.78, 5) is 0. The zero-order chi connectivity index (χ0) is 17.0. The highest BCUT2D eigenvalue weighted by Crippen LogP contribution is 2.25. The van der Waals surface area contributed by atoms with Crippen molar-refractivity contribution in [2.24, 2.45) is 0 Å². The van der Waals surface area contributed by atoms with Crippen LogP contribution in [0.4, 0.5) is 0 Å². The topological polar surface area (TPSA) is 32.3 Å². The summed E-state index contributed by atoms with van der Waals surface area (Å²) >= 11 is 0. The summed E-state index contributed by atoms with van der Waals surface area (Å²) in [7, 11) is 0. The van der Waals surface area contributed by atoms with E-state index in [1.54, 1.807) is 0 Å². The van der Waals surface area contributed by atoms with E-state index < -0.39 is 0 Å². The molecule has 1 aliphatic carbocycles. The first-order valence-electron chi connectivity index (χ1n) is 10.3. The van der Waals surface area contributed by atoms with Crippen LogP contribution in [0.3, 0.4) is 0 Å². The smallest absolute Gasteiger partial charge is 0.115 e. The molecule has 1 aromatic rings. The van der Waals surface area contributed by atoms with E-state index in [1.165, 1.54) is 81.8 Å². The first kappa shape index (κ1) is 22.5. The average Bonchev–Trinajstić information content (AvgIpc) is 2.59. The molecule has 0 bridgehead atoms. The Bertz CT molecular complexity index is 463. The fraction of sp³-hybridized carbons (Fsp3) is 0.727. The highest BCUT2D eigenvalue weighted by molar-refractivity contribution is 8.93. The molecule has 1 unspecified atom stereocenters. The monoisotopic (exact) mass is 411 g/mol. The third-order valence-corrected chi connectivity index (χ3v) is 5.38. The molecule has 1 aromatic carbocycles. The number of aryl methyl sites for hydroxylation is 1. The molecule has 2 N–H and O–H groups in total. The van der Waals surface area contributed by atoms with Crippen molar-refractivity contribution in [3.05, 3.63) is 29.3 Å². The van der Waals surface area contributed by atoms with E-state index in [0.717, 1.165) is 19.4 Å². The van der Waals surface area contributed by atoms with Crippen LogP contribution in [-0.4, -0.2) is 17.7 Å². The lowest BCUT2D eigenvalue weighted by atomic mass is 9.88. The van der Waals surface area contributed by atoms with Gasteiger partial charge in [-0.05, 0) is 55.5 Å². The summed E-state index contributed by atoms with van der Waals surface area (Å²) in [6, 6.07) is 6.48. The van der Waals surface area contributed by atoms with Crippen LogP contribution in [0.15, 0.2) is 18.2 Å². The molecule has 0 saturated heterocycles. The van der Waals surface area contributed by atoms with Crippen LogP contribution in [0.2, 0.25) is 0 Å². The number of nitrogens with one attached hydrogen (secondary N) is 1. The number of fused-ring (bicyclic) bond motifs is 1. The molecular formula is C22H38BrNO. The number of rotatable bonds is 12. The number of unbranched alkanes of at least 4 members (excludes halogenated alkanes) is 9. The second kappa shape index (κ2) is 13.6. The van der Waals surface area contributed by atoms with Crippen molar-refractivity contribution in [2.45, 2.75) is 96.4 Å². The number of phenolic OH excluding ortho intramolecular Hbond substituents is 1. The van der Waals surface area contributed by atoms with Gasteiger partial charge in [-0.25, -0.2) is 0 Å². The fourth-order valence-corrected chi connectivity index (χ4v) is 3.83. The van der Waals surface area contributed by atoms with Crippen molar-refractivity contribution in [3.63, 3.8) is 0 Å². The maximum absolute atomic E-state index is 9.55. The minimum Gasteiger partial charge on any atom is -0.508 e. The third kappa shape index (κ3) is 9.10. The Balaban J connectivity index is 0.00000312. The quantitative estimate of drug-likeness (QED) is 0.393. The van der Waals surface area contributed by atoms with E-state index in [2.05, 4.69) is 18.3 Å². The summed E-state index contributed by atoms with van der Waals surface area (Å²) in [6.45, 7) is 3.44. The first-order valence-corrected chi connectivity index (χ1v) is 10.3. The zero-order valence-corrected chi connectivity index (χ0v) is 17.8. The van der Waals surface area contributed by atoms with Gasteiger partial charge in [-0.2, -0.15) is 0 Å². The lowest BCUT2D eigenvalue weighted by molar-refractivity contribution is 0.441. The van der Waals surface area contributed by atoms with Gasteiger partial charge in [0.15, 0.2) is 0 Å². The van der Waals surface area contributed by atoms with Gasteiger partial charge in [0.25, 0.3) is 0 Å². The van der Waals surface area contributed by atoms with Crippen LogP contribution in [0.1, 0.15) is 88.7 Å². The number of halogens is 1. The Morgan fingerprint density at radius 3 is 2.24 bits per heavy atom. The molecule has 0 spiro atoms. The Morgan fingerprint density at radius 2 is 1.56 bits per heavy atom. The minimum absolute atomic E-state index is 0. The van der Waals surface area contributed by atoms with Gasteiger partial charge in [-0.15, -0.1) is 17.0 Å². The van der Waals surface area contributed by atoms with Crippen molar-refractivity contribution in [2.75, 3.05) is 6.54 Å². The largest absolute Gasteiger partial charge is 0.508 e. The molecule has 0 amide bonds. The molecule has 0 fully saturated rings. The van der Waals surface area contributed by atoms with E-state index in [0.29, 0.717) is 11.8 Å². The Hall–Kier alpha value is -0.540. The molecule has 2 nitrogen and oxygen atoms in total. The van der Waals surface area contributed by atoms with Gasteiger partial charge in [-0.1, -0.05) is 70.8 Å². The van der Waals surface area contributed by atoms with Gasteiger partial charge in [0, 0.05) is 6.04 Å². The van der Waals surface area contributed by atoms with E-state index in [4.69, 9.17) is 0 Å². The maximum atomic E-state index is 9.55. The summed E-state index contributed by atoms with van der Waals surface area (Å²) < 4.78 is 0. The van der Waals surface area contributed by atoms with Crippen LogP contribution in [0, 0.1) is 0 Å². The SMILES string of the molecule is Br.CCCCCCCCCCCCNC1CCc2cc(O)ccc2C1. The summed E-state index contributed by atoms with van der Waals surface area (Å²) in [5.41, 5.74) is 2.76. The Morgan fingerprint density at radius 1 is 0.920 bits per heavy atom. The number of benzene rings is 1. The Labute approximate surface area is 165 Å². The molecule has 1 atom stereocenters. The van der Waals surface area contributed by atoms with Crippen LogP contribution in [0.5, 0.6) is 5.75 Å². The molecule has 2 rings (SSSR count). The molecule has 0 radical (unpaired) electrons. The molecule has 1 aliphatic rings. The van der Waals surface area contributed by atoms with Gasteiger partial charge < -0.3 is 10.4 Å². The second-order valence-electron chi connectivity index (χ2n) is 7.53. The van der Waals surface area contributed by atoms with Gasteiger partial charge >= 0.3 is 0 Å². The predicted octanol–water partition coefficient (Wildman–Crippen LogP) is 6.34. The standard InChI is InChI=1S/C22H37NO.BrH/c1-2-3-4-5-6-7-8-9-10-11-16-23-21-14-12-20-18-22(24)15-13-19(20)17-21;/h13,15,18,21,23-24H,2-12,14,16-17H2,1H3;1H. The molecule has 0 aliphatic heterocycles. The highest BCUT2D eigenvalue weighted by Gasteiger charge is 2.18. The van der Waals surface area contributed by atoms with Crippen molar-refractivity contribution < 1.29 is 5.11 Å². The number of hydrogen-bond acceptors (Lipinski definition) is 2.